The zero-order valence-corrected chi connectivity index (χ0v) is 46.7. The number of phosphoric ester groups is 1. The Hall–Kier alpha value is -2.29. The average molecular weight is 990 g/mol. The Bertz CT molecular complexity index is 1370. The molecule has 1 amide bonds. The van der Waals surface area contributed by atoms with E-state index in [0.29, 0.717) is 17.4 Å². The largest absolute Gasteiger partial charge is 0.756 e. The number of nitrogens with zero attached hydrogens (tertiary/aromatic N) is 1. The number of quaternary nitrogens is 1. The molecule has 0 aliphatic heterocycles. The number of rotatable bonds is 51. The van der Waals surface area contributed by atoms with E-state index in [9.17, 15) is 19.0 Å². The summed E-state index contributed by atoms with van der Waals surface area (Å²) in [6.45, 7) is 6.77. The number of esters is 1. The van der Waals surface area contributed by atoms with Gasteiger partial charge >= 0.3 is 5.97 Å². The molecular weight excluding hydrogens is 880 g/mol. The van der Waals surface area contributed by atoms with Crippen LogP contribution in [0.5, 0.6) is 0 Å². The number of carbonyl (C=O) groups excluding carboxylic acids is 2. The molecule has 3 atom stereocenters. The van der Waals surface area contributed by atoms with E-state index >= 15 is 0 Å². The van der Waals surface area contributed by atoms with Gasteiger partial charge < -0.3 is 28.5 Å². The van der Waals surface area contributed by atoms with Gasteiger partial charge in [0.25, 0.3) is 7.82 Å². The van der Waals surface area contributed by atoms with Crippen molar-refractivity contribution in [2.24, 2.45) is 0 Å². The zero-order valence-electron chi connectivity index (χ0n) is 45.8. The van der Waals surface area contributed by atoms with Crippen molar-refractivity contribution in [3.63, 3.8) is 0 Å². The smallest absolute Gasteiger partial charge is 0.306 e. The first-order valence-corrected chi connectivity index (χ1v) is 30.1. The Morgan fingerprint density at radius 2 is 0.899 bits per heavy atom. The van der Waals surface area contributed by atoms with E-state index in [1.807, 2.05) is 33.3 Å². The third-order valence-corrected chi connectivity index (χ3v) is 13.4. The molecule has 10 heteroatoms. The van der Waals surface area contributed by atoms with Crippen LogP contribution in [0.2, 0.25) is 0 Å². The number of amides is 1. The summed E-state index contributed by atoms with van der Waals surface area (Å²) in [4.78, 5) is 39.8. The lowest BCUT2D eigenvalue weighted by Gasteiger charge is -2.30. The minimum Gasteiger partial charge on any atom is -0.756 e. The molecule has 0 aromatic rings. The third kappa shape index (κ3) is 50.4. The number of hydrogen-bond donors (Lipinski definition) is 1. The van der Waals surface area contributed by atoms with Crippen molar-refractivity contribution in [2.75, 3.05) is 40.9 Å². The number of hydrogen-bond acceptors (Lipinski definition) is 7. The van der Waals surface area contributed by atoms with Crippen molar-refractivity contribution >= 4 is 19.7 Å². The van der Waals surface area contributed by atoms with Gasteiger partial charge in [0.05, 0.1) is 33.8 Å². The van der Waals surface area contributed by atoms with Crippen LogP contribution >= 0.6 is 7.82 Å². The van der Waals surface area contributed by atoms with Crippen LogP contribution < -0.4 is 10.2 Å². The second-order valence-corrected chi connectivity index (χ2v) is 21.9. The normalized spacial score (nSPS) is 14.2. The van der Waals surface area contributed by atoms with Crippen LogP contribution in [0.1, 0.15) is 252 Å². The monoisotopic (exact) mass is 989 g/mol. The number of ether oxygens (including phenoxy) is 1. The average Bonchev–Trinajstić information content (AvgIpc) is 3.31. The van der Waals surface area contributed by atoms with Crippen LogP contribution in [-0.2, 0) is 27.9 Å². The molecule has 1 N–H and O–H groups in total. The minimum absolute atomic E-state index is 0.0326. The molecule has 0 aromatic heterocycles. The molecule has 0 aromatic carbocycles. The number of carbonyl (C=O) groups is 2. The fraction of sp³-hybridized carbons (Fsp3) is 0.797. The van der Waals surface area contributed by atoms with Crippen LogP contribution in [0.15, 0.2) is 60.8 Å². The third-order valence-electron chi connectivity index (χ3n) is 12.5. The first-order chi connectivity index (χ1) is 33.4. The van der Waals surface area contributed by atoms with Gasteiger partial charge in [0.1, 0.15) is 19.3 Å². The maximum Gasteiger partial charge on any atom is 0.306 e. The maximum atomic E-state index is 13.4. The molecule has 0 rings (SSSR count). The minimum atomic E-state index is -4.71. The van der Waals surface area contributed by atoms with Crippen molar-refractivity contribution in [1.29, 1.82) is 0 Å². The van der Waals surface area contributed by atoms with Gasteiger partial charge in [0.2, 0.25) is 5.91 Å². The quantitative estimate of drug-likeness (QED) is 0.0212. The van der Waals surface area contributed by atoms with E-state index in [1.165, 1.54) is 148 Å². The van der Waals surface area contributed by atoms with E-state index < -0.39 is 26.6 Å². The molecule has 402 valence electrons. The predicted molar refractivity (Wildman–Crippen MR) is 293 cm³/mol. The zero-order chi connectivity index (χ0) is 50.8. The number of likely N-dealkylation sites (N-methyl/N-ethyl adjacent to an activating group) is 1. The molecule has 0 spiro atoms. The molecule has 9 nitrogen and oxygen atoms in total. The van der Waals surface area contributed by atoms with Gasteiger partial charge in [-0.3, -0.25) is 14.2 Å². The van der Waals surface area contributed by atoms with Crippen molar-refractivity contribution in [1.82, 2.24) is 5.32 Å². The summed E-state index contributed by atoms with van der Waals surface area (Å²) in [7, 11) is 1.15. The summed E-state index contributed by atoms with van der Waals surface area (Å²) in [6, 6.07) is -0.914. The fourth-order valence-corrected chi connectivity index (χ4v) is 8.71. The summed E-state index contributed by atoms with van der Waals surface area (Å²) in [6.07, 6.45) is 60.5. The van der Waals surface area contributed by atoms with Gasteiger partial charge in [-0.25, -0.2) is 0 Å². The summed E-state index contributed by atoms with van der Waals surface area (Å²) in [5.74, 6) is -0.603. The van der Waals surface area contributed by atoms with Gasteiger partial charge in [-0.2, -0.15) is 0 Å². The number of allylic oxidation sites excluding steroid dienone is 9. The molecule has 3 unspecified atom stereocenters. The predicted octanol–water partition coefficient (Wildman–Crippen LogP) is 16.5. The summed E-state index contributed by atoms with van der Waals surface area (Å²) >= 11 is 0. The molecule has 0 aliphatic carbocycles. The second kappa shape index (κ2) is 49.3. The highest BCUT2D eigenvalue weighted by Crippen LogP contribution is 2.38. The molecule has 0 radical (unpaired) electrons. The van der Waals surface area contributed by atoms with E-state index in [1.54, 1.807) is 0 Å². The van der Waals surface area contributed by atoms with Gasteiger partial charge in [-0.1, -0.05) is 230 Å². The molecular formula is C59H109N2O7P. The van der Waals surface area contributed by atoms with E-state index in [-0.39, 0.29) is 31.3 Å². The molecule has 0 heterocycles. The Labute approximate surface area is 426 Å². The van der Waals surface area contributed by atoms with Gasteiger partial charge in [-0.05, 0) is 70.3 Å². The molecule has 0 aliphatic rings. The number of nitrogens with one attached hydrogen (secondary N) is 1. The molecule has 0 saturated carbocycles. The molecule has 0 fully saturated rings. The van der Waals surface area contributed by atoms with Crippen LogP contribution in [0, 0.1) is 0 Å². The Balaban J connectivity index is 5.44. The Morgan fingerprint density at radius 3 is 1.38 bits per heavy atom. The first kappa shape index (κ1) is 66.7. The second-order valence-electron chi connectivity index (χ2n) is 20.4. The van der Waals surface area contributed by atoms with E-state index in [2.05, 4.69) is 74.7 Å². The van der Waals surface area contributed by atoms with Crippen LogP contribution in [-0.4, -0.2) is 69.4 Å². The van der Waals surface area contributed by atoms with Gasteiger partial charge in [-0.15, -0.1) is 0 Å². The van der Waals surface area contributed by atoms with Crippen molar-refractivity contribution in [2.45, 2.75) is 264 Å². The first-order valence-electron chi connectivity index (χ1n) is 28.6. The van der Waals surface area contributed by atoms with E-state index in [4.69, 9.17) is 13.8 Å². The maximum absolute atomic E-state index is 13.4. The topological polar surface area (TPSA) is 114 Å². The standard InChI is InChI=1S/C59H109N2O7P/c1-7-10-13-16-19-22-25-28-30-31-32-33-36-39-42-45-48-51-58(62)60-56(55-67-69(64,65)66-54-53-61(4,5)6)57(50-47-44-41-38-35-27-24-21-18-15-12-9-3)68-59(63)52-49-46-43-40-37-34-29-26-23-20-17-14-11-8-2/h19,22,28,30,32-33,39,42,47,50,56-57H,7-18,20-21,23-27,29,31,34-38,40-41,43-46,48-49,51-55H2,1-6H3,(H-,60,62,64,65)/b22-19-,30-28-,33-32-,42-39-,50-47+. The SMILES string of the molecule is CCCCC/C=C\C/C=C\C/C=C\C/C=C\CCCC(=O)NC(COP(=O)([O-])OCC[N+](C)(C)C)C(/C=C/CCCCCCCCCCCC)OC(=O)CCCCCCCCCCCCCCCC. The fourth-order valence-electron chi connectivity index (χ4n) is 7.98. The molecule has 0 bridgehead atoms. The summed E-state index contributed by atoms with van der Waals surface area (Å²) in [5, 5.41) is 2.99. The lowest BCUT2D eigenvalue weighted by molar-refractivity contribution is -0.870. The lowest BCUT2D eigenvalue weighted by Crippen LogP contribution is -2.47. The van der Waals surface area contributed by atoms with Crippen molar-refractivity contribution in [3.05, 3.63) is 60.8 Å². The highest BCUT2D eigenvalue weighted by Gasteiger charge is 2.27. The van der Waals surface area contributed by atoms with Crippen molar-refractivity contribution < 1.29 is 37.3 Å². The van der Waals surface area contributed by atoms with Crippen LogP contribution in [0.3, 0.4) is 0 Å². The summed E-state index contributed by atoms with van der Waals surface area (Å²) < 4.78 is 30.2. The molecule has 69 heavy (non-hydrogen) atoms. The highest BCUT2D eigenvalue weighted by atomic mass is 31.2. The molecule has 0 saturated heterocycles. The highest BCUT2D eigenvalue weighted by molar-refractivity contribution is 7.45. The van der Waals surface area contributed by atoms with Crippen molar-refractivity contribution in [3.8, 4) is 0 Å². The Kier molecular flexibility index (Phi) is 47.7. The van der Waals surface area contributed by atoms with Crippen LogP contribution in [0.4, 0.5) is 0 Å². The van der Waals surface area contributed by atoms with Gasteiger partial charge in [0.15, 0.2) is 0 Å². The van der Waals surface area contributed by atoms with Gasteiger partial charge in [0, 0.05) is 12.8 Å². The summed E-state index contributed by atoms with van der Waals surface area (Å²) in [5.41, 5.74) is 0. The number of unbranched alkanes of at least 4 members (excludes halogenated alkanes) is 27. The number of phosphoric acid groups is 1. The van der Waals surface area contributed by atoms with E-state index in [0.717, 1.165) is 64.2 Å². The Morgan fingerprint density at radius 1 is 0.507 bits per heavy atom. The lowest BCUT2D eigenvalue weighted by atomic mass is 10.0. The van der Waals surface area contributed by atoms with Crippen LogP contribution in [0.25, 0.3) is 0 Å².